The van der Waals surface area contributed by atoms with Gasteiger partial charge in [-0.3, -0.25) is 14.4 Å². The van der Waals surface area contributed by atoms with Gasteiger partial charge in [-0.2, -0.15) is 0 Å². The summed E-state index contributed by atoms with van der Waals surface area (Å²) >= 11 is 0. The van der Waals surface area contributed by atoms with Crippen LogP contribution in [-0.4, -0.2) is 47.8 Å². The normalized spacial score (nSPS) is 18.9. The number of carbonyl (C=O) groups excluding carboxylic acids is 3. The summed E-state index contributed by atoms with van der Waals surface area (Å²) in [4.78, 5) is 38.3. The van der Waals surface area contributed by atoms with Gasteiger partial charge in [0.05, 0.1) is 0 Å². The van der Waals surface area contributed by atoms with Crippen molar-refractivity contribution in [1.82, 2.24) is 15.5 Å². The Balaban J connectivity index is 1.37. The Morgan fingerprint density at radius 1 is 1.08 bits per heavy atom. The molecule has 2 fully saturated rings. The molecule has 1 aliphatic carbocycles. The molecule has 1 unspecified atom stereocenters. The van der Waals surface area contributed by atoms with Crippen molar-refractivity contribution in [2.24, 2.45) is 5.92 Å². The predicted molar refractivity (Wildman–Crippen MR) is 98.5 cm³/mol. The first-order valence-corrected chi connectivity index (χ1v) is 9.47. The lowest BCUT2D eigenvalue weighted by Crippen LogP contribution is -2.48. The molecule has 1 saturated carbocycles. The number of amides is 3. The van der Waals surface area contributed by atoms with Crippen molar-refractivity contribution in [2.75, 3.05) is 13.1 Å². The summed E-state index contributed by atoms with van der Waals surface area (Å²) in [6, 6.07) is 8.86. The summed E-state index contributed by atoms with van der Waals surface area (Å²) < 4.78 is 0. The number of nitrogens with one attached hydrogen (secondary N) is 2. The third-order valence-electron chi connectivity index (χ3n) is 5.00. The lowest BCUT2D eigenvalue weighted by Gasteiger charge is -2.32. The van der Waals surface area contributed by atoms with Gasteiger partial charge in [-0.15, -0.1) is 0 Å². The maximum absolute atomic E-state index is 12.2. The van der Waals surface area contributed by atoms with Gasteiger partial charge in [-0.25, -0.2) is 0 Å². The van der Waals surface area contributed by atoms with E-state index >= 15 is 0 Å². The van der Waals surface area contributed by atoms with Gasteiger partial charge in [0.25, 0.3) is 5.91 Å². The molecule has 6 nitrogen and oxygen atoms in total. The number of hydrogen-bond acceptors (Lipinski definition) is 3. The predicted octanol–water partition coefficient (Wildman–Crippen LogP) is 1.71. The average molecular weight is 357 g/mol. The Morgan fingerprint density at radius 3 is 2.35 bits per heavy atom. The standard InChI is InChI=1S/C20H27N3O3/c1-14(21-19(25)15-5-3-2-4-6-15)13-18(24)22-17-9-11-23(12-10-17)20(26)16-7-8-16/h2-6,14,16-17H,7-13H2,1H3,(H,21,25)(H,22,24). The molecular weight excluding hydrogens is 330 g/mol. The van der Waals surface area contributed by atoms with Crippen molar-refractivity contribution in [3.05, 3.63) is 35.9 Å². The fourth-order valence-electron chi connectivity index (χ4n) is 3.35. The highest BCUT2D eigenvalue weighted by molar-refractivity contribution is 5.94. The van der Waals surface area contributed by atoms with Gasteiger partial charge in [-0.1, -0.05) is 18.2 Å². The monoisotopic (exact) mass is 357 g/mol. The number of hydrogen-bond donors (Lipinski definition) is 2. The number of rotatable bonds is 6. The molecule has 0 bridgehead atoms. The number of benzene rings is 1. The smallest absolute Gasteiger partial charge is 0.251 e. The molecule has 2 aliphatic rings. The van der Waals surface area contributed by atoms with E-state index in [1.54, 1.807) is 12.1 Å². The Labute approximate surface area is 154 Å². The summed E-state index contributed by atoms with van der Waals surface area (Å²) in [6.07, 6.45) is 3.91. The first kappa shape index (κ1) is 18.4. The third-order valence-corrected chi connectivity index (χ3v) is 5.00. The van der Waals surface area contributed by atoms with Gasteiger partial charge in [0.1, 0.15) is 0 Å². The van der Waals surface area contributed by atoms with Gasteiger partial charge in [-0.05, 0) is 44.7 Å². The van der Waals surface area contributed by atoms with Gasteiger partial charge in [0.2, 0.25) is 11.8 Å². The van der Waals surface area contributed by atoms with Crippen LogP contribution in [-0.2, 0) is 9.59 Å². The molecule has 6 heteroatoms. The second-order valence-electron chi connectivity index (χ2n) is 7.39. The molecule has 1 saturated heterocycles. The van der Waals surface area contributed by atoms with Crippen LogP contribution in [0.1, 0.15) is 49.4 Å². The van der Waals surface area contributed by atoms with E-state index in [1.165, 1.54) is 0 Å². The zero-order valence-electron chi connectivity index (χ0n) is 15.2. The first-order valence-electron chi connectivity index (χ1n) is 9.47. The second kappa shape index (κ2) is 8.34. The maximum Gasteiger partial charge on any atom is 0.251 e. The van der Waals surface area contributed by atoms with Crippen LogP contribution in [0.15, 0.2) is 30.3 Å². The largest absolute Gasteiger partial charge is 0.353 e. The zero-order chi connectivity index (χ0) is 18.5. The minimum atomic E-state index is -0.237. The Hall–Kier alpha value is -2.37. The van der Waals surface area contributed by atoms with Crippen LogP contribution in [0.4, 0.5) is 0 Å². The maximum atomic E-state index is 12.2. The van der Waals surface area contributed by atoms with Crippen molar-refractivity contribution >= 4 is 17.7 Å². The molecule has 1 aromatic rings. The fourth-order valence-corrected chi connectivity index (χ4v) is 3.35. The molecule has 0 aromatic heterocycles. The van der Waals surface area contributed by atoms with Crippen molar-refractivity contribution < 1.29 is 14.4 Å². The van der Waals surface area contributed by atoms with Crippen LogP contribution in [0.25, 0.3) is 0 Å². The summed E-state index contributed by atoms with van der Waals surface area (Å²) in [6.45, 7) is 3.28. The molecular formula is C20H27N3O3. The molecule has 0 spiro atoms. The number of nitrogens with zero attached hydrogens (tertiary/aromatic N) is 1. The molecule has 1 aliphatic heterocycles. The van der Waals surface area contributed by atoms with Gasteiger partial charge in [0.15, 0.2) is 0 Å². The van der Waals surface area contributed by atoms with E-state index in [2.05, 4.69) is 10.6 Å². The van der Waals surface area contributed by atoms with Gasteiger partial charge in [0, 0.05) is 43.1 Å². The molecule has 1 aromatic carbocycles. The van der Waals surface area contributed by atoms with E-state index in [4.69, 9.17) is 0 Å². The fraction of sp³-hybridized carbons (Fsp3) is 0.550. The summed E-state index contributed by atoms with van der Waals surface area (Å²) in [5.41, 5.74) is 0.590. The first-order chi connectivity index (χ1) is 12.5. The highest BCUT2D eigenvalue weighted by atomic mass is 16.2. The van der Waals surface area contributed by atoms with Crippen LogP contribution in [0.3, 0.4) is 0 Å². The minimum absolute atomic E-state index is 0.0576. The van der Waals surface area contributed by atoms with E-state index in [0.717, 1.165) is 38.8 Å². The van der Waals surface area contributed by atoms with Crippen LogP contribution >= 0.6 is 0 Å². The van der Waals surface area contributed by atoms with E-state index in [0.29, 0.717) is 5.56 Å². The van der Waals surface area contributed by atoms with Gasteiger partial charge < -0.3 is 15.5 Å². The Morgan fingerprint density at radius 2 is 1.73 bits per heavy atom. The van der Waals surface area contributed by atoms with Crippen LogP contribution < -0.4 is 10.6 Å². The van der Waals surface area contributed by atoms with E-state index < -0.39 is 0 Å². The van der Waals surface area contributed by atoms with Crippen LogP contribution in [0, 0.1) is 5.92 Å². The van der Waals surface area contributed by atoms with Crippen molar-refractivity contribution in [3.63, 3.8) is 0 Å². The number of carbonyl (C=O) groups is 3. The molecule has 2 N–H and O–H groups in total. The number of likely N-dealkylation sites (tertiary alicyclic amines) is 1. The topological polar surface area (TPSA) is 78.5 Å². The van der Waals surface area contributed by atoms with Crippen molar-refractivity contribution in [3.8, 4) is 0 Å². The highest BCUT2D eigenvalue weighted by Gasteiger charge is 2.35. The highest BCUT2D eigenvalue weighted by Crippen LogP contribution is 2.31. The third kappa shape index (κ3) is 5.07. The molecule has 140 valence electrons. The molecule has 3 rings (SSSR count). The summed E-state index contributed by atoms with van der Waals surface area (Å²) in [5, 5.41) is 5.89. The van der Waals surface area contributed by atoms with Crippen LogP contribution in [0.5, 0.6) is 0 Å². The average Bonchev–Trinajstić information content (AvgIpc) is 3.47. The Bertz CT molecular complexity index is 650. The van der Waals surface area contributed by atoms with Crippen molar-refractivity contribution in [1.29, 1.82) is 0 Å². The molecule has 0 radical (unpaired) electrons. The van der Waals surface area contributed by atoms with E-state index in [1.807, 2.05) is 30.0 Å². The molecule has 1 heterocycles. The minimum Gasteiger partial charge on any atom is -0.353 e. The molecule has 26 heavy (non-hydrogen) atoms. The molecule has 1 atom stereocenters. The van der Waals surface area contributed by atoms with Crippen molar-refractivity contribution in [2.45, 2.75) is 51.1 Å². The zero-order valence-corrected chi connectivity index (χ0v) is 15.2. The Kier molecular flexibility index (Phi) is 5.91. The van der Waals surface area contributed by atoms with E-state index in [-0.39, 0.29) is 42.1 Å². The molecule has 3 amide bonds. The van der Waals surface area contributed by atoms with Crippen LogP contribution in [0.2, 0.25) is 0 Å². The lowest BCUT2D eigenvalue weighted by molar-refractivity contribution is -0.133. The van der Waals surface area contributed by atoms with Gasteiger partial charge >= 0.3 is 0 Å². The SMILES string of the molecule is CC(CC(=O)NC1CCN(C(=O)C2CC2)CC1)NC(=O)c1ccccc1. The number of piperidine rings is 1. The van der Waals surface area contributed by atoms with E-state index in [9.17, 15) is 14.4 Å². The lowest BCUT2D eigenvalue weighted by atomic mass is 10.0. The quantitative estimate of drug-likeness (QED) is 0.814. The second-order valence-corrected chi connectivity index (χ2v) is 7.39. The summed E-state index contributed by atoms with van der Waals surface area (Å²) in [5.74, 6) is 0.317. The summed E-state index contributed by atoms with van der Waals surface area (Å²) in [7, 11) is 0.